The van der Waals surface area contributed by atoms with Gasteiger partial charge in [0.05, 0.1) is 11.1 Å². The maximum absolute atomic E-state index is 13.1. The summed E-state index contributed by atoms with van der Waals surface area (Å²) in [4.78, 5) is 18.1. The molecular formula is C23H21F6N3O. The predicted octanol–water partition coefficient (Wildman–Crippen LogP) is 6.10. The lowest BCUT2D eigenvalue weighted by molar-refractivity contribution is -0.143. The molecule has 176 valence electrons. The lowest BCUT2D eigenvalue weighted by Crippen LogP contribution is -2.21. The van der Waals surface area contributed by atoms with Crippen molar-refractivity contribution in [2.45, 2.75) is 31.6 Å². The van der Waals surface area contributed by atoms with E-state index in [1.807, 2.05) is 6.20 Å². The van der Waals surface area contributed by atoms with Gasteiger partial charge < -0.3 is 15.2 Å². The number of nitrogens with zero attached hydrogens (tertiary/aromatic N) is 1. The topological polar surface area (TPSA) is 48.1 Å². The van der Waals surface area contributed by atoms with Gasteiger partial charge in [0.15, 0.2) is 0 Å². The molecule has 1 aromatic heterocycles. The number of halogens is 6. The van der Waals surface area contributed by atoms with Crippen LogP contribution in [0.4, 0.5) is 32.0 Å². The van der Waals surface area contributed by atoms with E-state index >= 15 is 0 Å². The minimum Gasteiger partial charge on any atom is -0.361 e. The van der Waals surface area contributed by atoms with E-state index < -0.39 is 35.0 Å². The molecule has 2 aromatic carbocycles. The number of anilines is 1. The minimum absolute atomic E-state index is 0.00467. The van der Waals surface area contributed by atoms with E-state index in [1.54, 1.807) is 18.2 Å². The maximum atomic E-state index is 13.1. The largest absolute Gasteiger partial charge is 0.416 e. The van der Waals surface area contributed by atoms with E-state index in [0.29, 0.717) is 12.1 Å². The molecule has 1 aliphatic rings. The third kappa shape index (κ3) is 5.32. The highest BCUT2D eigenvalue weighted by Crippen LogP contribution is 2.36. The molecule has 0 unspecified atom stereocenters. The molecule has 4 nitrogen and oxygen atoms in total. The van der Waals surface area contributed by atoms with Crippen LogP contribution in [0.1, 0.15) is 39.9 Å². The van der Waals surface area contributed by atoms with Gasteiger partial charge >= 0.3 is 12.4 Å². The van der Waals surface area contributed by atoms with Crippen molar-refractivity contribution in [3.63, 3.8) is 0 Å². The number of fused-ring (bicyclic) bond motifs is 1. The van der Waals surface area contributed by atoms with Crippen molar-refractivity contribution in [3.8, 4) is 0 Å². The number of rotatable bonds is 5. The van der Waals surface area contributed by atoms with Crippen molar-refractivity contribution >= 4 is 22.5 Å². The fraction of sp³-hybridized carbons (Fsp3) is 0.348. The number of amides is 1. The fourth-order valence-corrected chi connectivity index (χ4v) is 4.04. The molecule has 0 aliphatic carbocycles. The molecule has 0 saturated carbocycles. The smallest absolute Gasteiger partial charge is 0.361 e. The second kappa shape index (κ2) is 8.74. The van der Waals surface area contributed by atoms with Gasteiger partial charge in [0.25, 0.3) is 5.91 Å². The Morgan fingerprint density at radius 2 is 1.58 bits per heavy atom. The van der Waals surface area contributed by atoms with Crippen LogP contribution in [0.3, 0.4) is 0 Å². The van der Waals surface area contributed by atoms with Crippen LogP contribution in [0.25, 0.3) is 10.9 Å². The first-order valence-electron chi connectivity index (χ1n) is 10.4. The van der Waals surface area contributed by atoms with Crippen LogP contribution in [0.15, 0.2) is 42.6 Å². The van der Waals surface area contributed by atoms with E-state index in [9.17, 15) is 31.1 Å². The summed E-state index contributed by atoms with van der Waals surface area (Å²) in [6.07, 6.45) is -5.05. The number of nitrogens with one attached hydrogen (secondary N) is 2. The molecule has 0 atom stereocenters. The second-order valence-corrected chi connectivity index (χ2v) is 8.12. The molecule has 1 saturated heterocycles. The SMILES string of the molecule is O=C(Nc1ccc2[nH]cc(CCN3CCCC3)c2c1)c1cc(C(F)(F)F)cc(C(F)(F)F)c1. The van der Waals surface area contributed by atoms with Gasteiger partial charge in [0.1, 0.15) is 0 Å². The third-order valence-corrected chi connectivity index (χ3v) is 5.77. The molecule has 1 amide bonds. The van der Waals surface area contributed by atoms with Gasteiger partial charge in [0.2, 0.25) is 0 Å². The van der Waals surface area contributed by atoms with Crippen molar-refractivity contribution in [1.82, 2.24) is 9.88 Å². The molecule has 1 fully saturated rings. The quantitative estimate of drug-likeness (QED) is 0.444. The Labute approximate surface area is 185 Å². The number of aromatic nitrogens is 1. The highest BCUT2D eigenvalue weighted by molar-refractivity contribution is 6.05. The predicted molar refractivity (Wildman–Crippen MR) is 112 cm³/mol. The van der Waals surface area contributed by atoms with Crippen LogP contribution in [-0.2, 0) is 18.8 Å². The van der Waals surface area contributed by atoms with Crippen molar-refractivity contribution in [1.29, 1.82) is 0 Å². The van der Waals surface area contributed by atoms with Crippen molar-refractivity contribution in [3.05, 3.63) is 64.8 Å². The number of H-pyrrole nitrogens is 1. The molecular weight excluding hydrogens is 448 g/mol. The normalized spacial score (nSPS) is 15.3. The summed E-state index contributed by atoms with van der Waals surface area (Å²) in [7, 11) is 0. The summed E-state index contributed by atoms with van der Waals surface area (Å²) in [6.45, 7) is 3.00. The number of alkyl halides is 6. The number of hydrogen-bond donors (Lipinski definition) is 2. The zero-order valence-corrected chi connectivity index (χ0v) is 17.4. The summed E-state index contributed by atoms with van der Waals surface area (Å²) >= 11 is 0. The van der Waals surface area contributed by atoms with Gasteiger partial charge in [-0.05, 0) is 74.3 Å². The van der Waals surface area contributed by atoms with E-state index in [4.69, 9.17) is 0 Å². The van der Waals surface area contributed by atoms with Crippen molar-refractivity contribution in [2.75, 3.05) is 25.0 Å². The van der Waals surface area contributed by atoms with Gasteiger partial charge in [-0.25, -0.2) is 0 Å². The van der Waals surface area contributed by atoms with E-state index in [0.717, 1.165) is 42.5 Å². The fourth-order valence-electron chi connectivity index (χ4n) is 4.04. The average Bonchev–Trinajstić information content (AvgIpc) is 3.40. The molecule has 33 heavy (non-hydrogen) atoms. The van der Waals surface area contributed by atoms with Gasteiger partial charge in [-0.15, -0.1) is 0 Å². The van der Waals surface area contributed by atoms with Crippen molar-refractivity contribution < 1.29 is 31.1 Å². The van der Waals surface area contributed by atoms with Crippen LogP contribution in [0.2, 0.25) is 0 Å². The highest BCUT2D eigenvalue weighted by Gasteiger charge is 2.37. The molecule has 4 rings (SSSR count). The van der Waals surface area contributed by atoms with Gasteiger partial charge in [-0.1, -0.05) is 0 Å². The van der Waals surface area contributed by atoms with E-state index in [-0.39, 0.29) is 11.8 Å². The molecule has 2 heterocycles. The first-order chi connectivity index (χ1) is 15.5. The Morgan fingerprint density at radius 1 is 0.939 bits per heavy atom. The monoisotopic (exact) mass is 469 g/mol. The number of aromatic amines is 1. The molecule has 10 heteroatoms. The Morgan fingerprint density at radius 3 is 2.18 bits per heavy atom. The summed E-state index contributed by atoms with van der Waals surface area (Å²) in [6, 6.07) is 5.75. The Balaban J connectivity index is 1.57. The summed E-state index contributed by atoms with van der Waals surface area (Å²) in [5.41, 5.74) is -1.67. The number of likely N-dealkylation sites (tertiary alicyclic amines) is 1. The molecule has 0 spiro atoms. The zero-order chi connectivity index (χ0) is 23.8. The zero-order valence-electron chi connectivity index (χ0n) is 17.4. The second-order valence-electron chi connectivity index (χ2n) is 8.12. The van der Waals surface area contributed by atoms with E-state index in [2.05, 4.69) is 15.2 Å². The van der Waals surface area contributed by atoms with Crippen LogP contribution >= 0.6 is 0 Å². The summed E-state index contributed by atoms with van der Waals surface area (Å²) in [5.74, 6) is -1.06. The lowest BCUT2D eigenvalue weighted by Gasteiger charge is -2.14. The lowest BCUT2D eigenvalue weighted by atomic mass is 10.0. The summed E-state index contributed by atoms with van der Waals surface area (Å²) in [5, 5.41) is 3.26. The summed E-state index contributed by atoms with van der Waals surface area (Å²) < 4.78 is 78.5. The van der Waals surface area contributed by atoms with E-state index in [1.165, 1.54) is 12.8 Å². The maximum Gasteiger partial charge on any atom is 0.416 e. The molecule has 3 aromatic rings. The van der Waals surface area contributed by atoms with Gasteiger partial charge in [-0.3, -0.25) is 4.79 Å². The first kappa shape index (κ1) is 23.2. The molecule has 0 bridgehead atoms. The van der Waals surface area contributed by atoms with Crippen LogP contribution < -0.4 is 5.32 Å². The number of hydrogen-bond acceptors (Lipinski definition) is 2. The minimum atomic E-state index is -5.02. The van der Waals surface area contributed by atoms with Crippen LogP contribution in [-0.4, -0.2) is 35.4 Å². The van der Waals surface area contributed by atoms with Crippen molar-refractivity contribution in [2.24, 2.45) is 0 Å². The molecule has 2 N–H and O–H groups in total. The Kier molecular flexibility index (Phi) is 6.13. The standard InChI is InChI=1S/C23H21F6N3O/c24-22(25,26)16-9-15(10-17(11-16)23(27,28)29)21(33)31-18-3-4-20-19(12-18)14(13-30-20)5-8-32-6-1-2-7-32/h3-4,9-13,30H,1-2,5-8H2,(H,31,33). The first-order valence-corrected chi connectivity index (χ1v) is 10.4. The number of benzene rings is 2. The number of carbonyl (C=O) groups excluding carboxylic acids is 1. The van der Waals surface area contributed by atoms with Crippen LogP contribution in [0.5, 0.6) is 0 Å². The Bertz CT molecular complexity index is 1130. The Hall–Kier alpha value is -3.01. The van der Waals surface area contributed by atoms with Gasteiger partial charge in [0, 0.05) is 34.9 Å². The molecule has 1 aliphatic heterocycles. The van der Waals surface area contributed by atoms with Crippen LogP contribution in [0, 0.1) is 0 Å². The highest BCUT2D eigenvalue weighted by atomic mass is 19.4. The molecule has 0 radical (unpaired) electrons. The average molecular weight is 469 g/mol. The number of carbonyl (C=O) groups is 1. The third-order valence-electron chi connectivity index (χ3n) is 5.77. The van der Waals surface area contributed by atoms with Gasteiger partial charge in [-0.2, -0.15) is 26.3 Å².